The van der Waals surface area contributed by atoms with Crippen LogP contribution in [0.15, 0.2) is 54.2 Å². The lowest BCUT2D eigenvalue weighted by Crippen LogP contribution is -2.34. The second-order valence-corrected chi connectivity index (χ2v) is 6.02. The van der Waals surface area contributed by atoms with Crippen molar-refractivity contribution in [3.05, 3.63) is 60.2 Å². The third-order valence-electron chi connectivity index (χ3n) is 4.02. The van der Waals surface area contributed by atoms with E-state index in [9.17, 15) is 9.59 Å². The zero-order valence-electron chi connectivity index (χ0n) is 17.6. The maximum absolute atomic E-state index is 12.3. The molecule has 2 rings (SSSR count). The predicted molar refractivity (Wildman–Crippen MR) is 116 cm³/mol. The van der Waals surface area contributed by atoms with Crippen molar-refractivity contribution in [3.63, 3.8) is 0 Å². The molecule has 0 bridgehead atoms. The molecule has 0 fully saturated rings. The summed E-state index contributed by atoms with van der Waals surface area (Å²) in [6.07, 6.45) is 3.03. The highest BCUT2D eigenvalue weighted by Crippen LogP contribution is 2.30. The molecule has 31 heavy (non-hydrogen) atoms. The Hall–Kier alpha value is -4.01. The van der Waals surface area contributed by atoms with Gasteiger partial charge in [0.05, 0.1) is 34.1 Å². The lowest BCUT2D eigenvalue weighted by molar-refractivity contribution is -0.120. The van der Waals surface area contributed by atoms with E-state index in [2.05, 4.69) is 22.4 Å². The van der Waals surface area contributed by atoms with Crippen LogP contribution in [-0.2, 0) is 4.79 Å². The molecule has 0 saturated carbocycles. The predicted octanol–water partition coefficient (Wildman–Crippen LogP) is 2.16. The molecule has 0 spiro atoms. The molecule has 0 atom stereocenters. The second kappa shape index (κ2) is 11.9. The van der Waals surface area contributed by atoms with Crippen molar-refractivity contribution < 1.29 is 28.5 Å². The molecule has 2 N–H and O–H groups in total. The minimum atomic E-state index is -0.499. The maximum atomic E-state index is 12.3. The smallest absolute Gasteiger partial charge is 0.259 e. The number of methoxy groups -OCH3 is 3. The summed E-state index contributed by atoms with van der Waals surface area (Å²) >= 11 is 0. The molecule has 2 aromatic carbocycles. The zero-order valence-corrected chi connectivity index (χ0v) is 17.6. The molecule has 9 nitrogen and oxygen atoms in total. The lowest BCUT2D eigenvalue weighted by Gasteiger charge is -2.11. The summed E-state index contributed by atoms with van der Waals surface area (Å²) in [7, 11) is 4.50. The van der Waals surface area contributed by atoms with Gasteiger partial charge in [-0.15, -0.1) is 0 Å². The normalized spacial score (nSPS) is 10.3. The van der Waals surface area contributed by atoms with Crippen molar-refractivity contribution in [1.29, 1.82) is 0 Å². The van der Waals surface area contributed by atoms with Gasteiger partial charge in [0.15, 0.2) is 23.0 Å². The van der Waals surface area contributed by atoms with E-state index in [0.717, 1.165) is 0 Å². The number of carbonyl (C=O) groups is 2. The Morgan fingerprint density at radius 2 is 1.77 bits per heavy atom. The van der Waals surface area contributed by atoms with Crippen molar-refractivity contribution >= 4 is 18.0 Å². The number of hydrogen-bond donors (Lipinski definition) is 2. The van der Waals surface area contributed by atoms with Gasteiger partial charge in [-0.2, -0.15) is 5.10 Å². The van der Waals surface area contributed by atoms with E-state index in [0.29, 0.717) is 34.1 Å². The largest absolute Gasteiger partial charge is 0.493 e. The molecule has 164 valence electrons. The fourth-order valence-electron chi connectivity index (χ4n) is 2.55. The molecular formula is C22H25N3O6. The second-order valence-electron chi connectivity index (χ2n) is 6.02. The average molecular weight is 427 g/mol. The van der Waals surface area contributed by atoms with E-state index in [1.807, 2.05) is 0 Å². The Bertz CT molecular complexity index is 958. The average Bonchev–Trinajstić information content (AvgIpc) is 2.80. The van der Waals surface area contributed by atoms with Crippen LogP contribution in [0.4, 0.5) is 0 Å². The number of carbonyl (C=O) groups excluding carboxylic acids is 2. The van der Waals surface area contributed by atoms with E-state index < -0.39 is 11.8 Å². The number of hydrazone groups is 1. The van der Waals surface area contributed by atoms with Gasteiger partial charge in [0.1, 0.15) is 6.61 Å². The minimum Gasteiger partial charge on any atom is -0.493 e. The number of nitrogens with one attached hydrogen (secondary N) is 2. The van der Waals surface area contributed by atoms with Gasteiger partial charge >= 0.3 is 0 Å². The first kappa shape index (κ1) is 23.3. The Morgan fingerprint density at radius 3 is 2.45 bits per heavy atom. The van der Waals surface area contributed by atoms with Crippen molar-refractivity contribution in [1.82, 2.24) is 10.7 Å². The van der Waals surface area contributed by atoms with Crippen LogP contribution in [0.5, 0.6) is 23.0 Å². The molecule has 0 radical (unpaired) electrons. The summed E-state index contributed by atoms with van der Waals surface area (Å²) in [5, 5.41) is 6.43. The van der Waals surface area contributed by atoms with Crippen LogP contribution in [0.1, 0.15) is 15.9 Å². The quantitative estimate of drug-likeness (QED) is 0.323. The summed E-state index contributed by atoms with van der Waals surface area (Å²) in [5.41, 5.74) is 3.29. The topological polar surface area (TPSA) is 107 Å². The third kappa shape index (κ3) is 6.49. The third-order valence-corrected chi connectivity index (χ3v) is 4.02. The summed E-state index contributed by atoms with van der Waals surface area (Å²) < 4.78 is 21.2. The monoisotopic (exact) mass is 427 g/mol. The minimum absolute atomic E-state index is 0.261. The molecular weight excluding hydrogens is 402 g/mol. The number of para-hydroxylation sites is 1. The number of benzene rings is 2. The van der Waals surface area contributed by atoms with E-state index >= 15 is 0 Å². The first-order valence-electron chi connectivity index (χ1n) is 9.26. The first-order valence-corrected chi connectivity index (χ1v) is 9.26. The summed E-state index contributed by atoms with van der Waals surface area (Å²) in [4.78, 5) is 24.3. The van der Waals surface area contributed by atoms with E-state index in [1.54, 1.807) is 36.4 Å². The van der Waals surface area contributed by atoms with E-state index in [4.69, 9.17) is 18.9 Å². The highest BCUT2D eigenvalue weighted by Gasteiger charge is 2.12. The van der Waals surface area contributed by atoms with Gasteiger partial charge < -0.3 is 24.3 Å². The Balaban J connectivity index is 1.94. The summed E-state index contributed by atoms with van der Waals surface area (Å²) in [5.74, 6) is 0.982. The fraction of sp³-hybridized carbons (Fsp3) is 0.227. The fourth-order valence-corrected chi connectivity index (χ4v) is 2.55. The molecule has 0 heterocycles. The van der Waals surface area contributed by atoms with Crippen LogP contribution in [-0.4, -0.2) is 52.5 Å². The summed E-state index contributed by atoms with van der Waals surface area (Å²) in [6.45, 7) is 3.64. The molecule has 0 aliphatic heterocycles. The zero-order chi connectivity index (χ0) is 22.6. The maximum Gasteiger partial charge on any atom is 0.259 e. The standard InChI is InChI=1S/C22H25N3O6/c1-5-11-31-21-16(7-6-8-18(21)29-3)13-24-25-20(26)14-23-22(27)15-9-10-17(28-2)19(12-15)30-4/h5-10,12-13H,1,11,14H2,2-4H3,(H,23,27)(H,25,26). The van der Waals surface area contributed by atoms with Crippen LogP contribution in [0.25, 0.3) is 0 Å². The molecule has 0 unspecified atom stereocenters. The van der Waals surface area contributed by atoms with Crippen LogP contribution < -0.4 is 29.7 Å². The van der Waals surface area contributed by atoms with Gasteiger partial charge in [-0.05, 0) is 30.3 Å². The Morgan fingerprint density at radius 1 is 1.03 bits per heavy atom. The number of nitrogens with zero attached hydrogens (tertiary/aromatic N) is 1. The van der Waals surface area contributed by atoms with Gasteiger partial charge in [-0.3, -0.25) is 9.59 Å². The van der Waals surface area contributed by atoms with Gasteiger partial charge in [0, 0.05) is 11.1 Å². The van der Waals surface area contributed by atoms with Gasteiger partial charge in [-0.25, -0.2) is 5.43 Å². The van der Waals surface area contributed by atoms with Crippen LogP contribution in [0, 0.1) is 0 Å². The highest BCUT2D eigenvalue weighted by atomic mass is 16.5. The van der Waals surface area contributed by atoms with Gasteiger partial charge in [0.25, 0.3) is 11.8 Å². The van der Waals surface area contributed by atoms with Crippen molar-refractivity contribution in [2.45, 2.75) is 0 Å². The summed E-state index contributed by atoms with van der Waals surface area (Å²) in [6, 6.07) is 9.98. The molecule has 9 heteroatoms. The van der Waals surface area contributed by atoms with Crippen molar-refractivity contribution in [2.24, 2.45) is 5.10 Å². The van der Waals surface area contributed by atoms with Crippen molar-refractivity contribution in [3.8, 4) is 23.0 Å². The Labute approximate surface area is 180 Å². The number of ether oxygens (including phenoxy) is 4. The van der Waals surface area contributed by atoms with Crippen LogP contribution >= 0.6 is 0 Å². The molecule has 2 aromatic rings. The van der Waals surface area contributed by atoms with E-state index in [-0.39, 0.29) is 13.2 Å². The van der Waals surface area contributed by atoms with Gasteiger partial charge in [0.2, 0.25) is 0 Å². The lowest BCUT2D eigenvalue weighted by atomic mass is 10.2. The molecule has 0 aromatic heterocycles. The number of hydrogen-bond acceptors (Lipinski definition) is 7. The van der Waals surface area contributed by atoms with Crippen LogP contribution in [0.3, 0.4) is 0 Å². The van der Waals surface area contributed by atoms with E-state index in [1.165, 1.54) is 33.6 Å². The Kier molecular flexibility index (Phi) is 8.90. The molecule has 0 saturated heterocycles. The van der Waals surface area contributed by atoms with Crippen molar-refractivity contribution in [2.75, 3.05) is 34.5 Å². The molecule has 0 aliphatic carbocycles. The number of amides is 2. The number of rotatable bonds is 11. The van der Waals surface area contributed by atoms with Gasteiger partial charge in [-0.1, -0.05) is 18.7 Å². The first-order chi connectivity index (χ1) is 15.0. The molecule has 0 aliphatic rings. The molecule has 2 amide bonds. The SMILES string of the molecule is C=CCOc1c(C=NNC(=O)CNC(=O)c2ccc(OC)c(OC)c2)cccc1OC. The van der Waals surface area contributed by atoms with Crippen LogP contribution in [0.2, 0.25) is 0 Å². The highest BCUT2D eigenvalue weighted by molar-refractivity contribution is 5.97.